The van der Waals surface area contributed by atoms with Crippen LogP contribution in [0.2, 0.25) is 5.15 Å². The molecule has 0 fully saturated rings. The quantitative estimate of drug-likeness (QED) is 0.233. The topological polar surface area (TPSA) is 223 Å². The van der Waals surface area contributed by atoms with Crippen LogP contribution in [0.5, 0.6) is 28.7 Å². The SMILES string of the molecule is COc1cc2c(cc1OC)C1C(=O)c3ccc4c(c3OC1CO2)CC(C(C)C)O4.Cl.NC(N)=NC(=O)c1nc(Cl)c(N)nc1N. The summed E-state index contributed by atoms with van der Waals surface area (Å²) >= 11 is 5.55. The van der Waals surface area contributed by atoms with E-state index in [9.17, 15) is 9.59 Å². The Morgan fingerprint density at radius 2 is 1.73 bits per heavy atom. The van der Waals surface area contributed by atoms with Crippen molar-refractivity contribution in [2.24, 2.45) is 22.4 Å². The number of anilines is 2. The van der Waals surface area contributed by atoms with Crippen molar-refractivity contribution in [1.82, 2.24) is 9.97 Å². The maximum absolute atomic E-state index is 13.5. The molecular weight excluding hydrogens is 629 g/mol. The van der Waals surface area contributed by atoms with Crippen LogP contribution < -0.4 is 46.6 Å². The molecule has 3 aliphatic heterocycles. The monoisotopic (exact) mass is 661 g/mol. The Labute approximate surface area is 269 Å². The van der Waals surface area contributed by atoms with Crippen LogP contribution in [0.25, 0.3) is 0 Å². The summed E-state index contributed by atoms with van der Waals surface area (Å²) in [5.41, 5.74) is 22.8. The number of hydrogen-bond acceptors (Lipinski definition) is 11. The van der Waals surface area contributed by atoms with Crippen LogP contribution in [0.15, 0.2) is 29.3 Å². The number of amides is 1. The Hall–Kier alpha value is -4.69. The molecule has 45 heavy (non-hydrogen) atoms. The molecule has 3 aliphatic rings. The molecule has 8 N–H and O–H groups in total. The standard InChI is InChI=1S/C23H24O6.C6H8ClN7O.ClH/c1-11(2)16-8-14-15(28-16)6-5-12-22(24)21-13-7-18(25-3)19(26-4)9-17(13)27-10-20(21)29-23(12)14;7-2-4(9)13-3(8)1(12-2)5(15)14-6(10)11;/h5-7,9,11,16,20-21H,8,10H2,1-4H3;(H4,8,9,13)(H4,10,11,14,15);1H. The highest BCUT2D eigenvalue weighted by Crippen LogP contribution is 2.49. The largest absolute Gasteiger partial charge is 0.493 e. The van der Waals surface area contributed by atoms with Crippen molar-refractivity contribution in [3.63, 3.8) is 0 Å². The number of guanidine groups is 1. The van der Waals surface area contributed by atoms with Gasteiger partial charge in [0.15, 0.2) is 45.7 Å². The summed E-state index contributed by atoms with van der Waals surface area (Å²) < 4.78 is 29.2. The molecule has 0 bridgehead atoms. The molecule has 6 rings (SSSR count). The van der Waals surface area contributed by atoms with Gasteiger partial charge < -0.3 is 46.6 Å². The zero-order valence-corrected chi connectivity index (χ0v) is 26.4. The van der Waals surface area contributed by atoms with Gasteiger partial charge in [0.1, 0.15) is 36.1 Å². The third-order valence-corrected chi connectivity index (χ3v) is 7.70. The Morgan fingerprint density at radius 3 is 2.38 bits per heavy atom. The lowest BCUT2D eigenvalue weighted by Gasteiger charge is -2.37. The zero-order chi connectivity index (χ0) is 31.9. The number of benzene rings is 2. The number of nitrogens with zero attached hydrogens (tertiary/aromatic N) is 3. The number of rotatable bonds is 4. The number of ketones is 1. The third-order valence-electron chi connectivity index (χ3n) is 7.43. The summed E-state index contributed by atoms with van der Waals surface area (Å²) in [5, 5.41) is -0.140. The first-order chi connectivity index (χ1) is 20.9. The second kappa shape index (κ2) is 13.1. The van der Waals surface area contributed by atoms with Crippen LogP contribution in [0.3, 0.4) is 0 Å². The summed E-state index contributed by atoms with van der Waals surface area (Å²) in [6, 6.07) is 7.32. The third kappa shape index (κ3) is 6.28. The first-order valence-corrected chi connectivity index (χ1v) is 14.0. The molecule has 3 unspecified atom stereocenters. The Morgan fingerprint density at radius 1 is 1.04 bits per heavy atom. The molecule has 1 amide bonds. The van der Waals surface area contributed by atoms with Crippen LogP contribution in [-0.2, 0) is 6.42 Å². The highest BCUT2D eigenvalue weighted by molar-refractivity contribution is 6.31. The number of carbonyl (C=O) groups is 2. The molecule has 16 heteroatoms. The Kier molecular flexibility index (Phi) is 9.68. The summed E-state index contributed by atoms with van der Waals surface area (Å²) in [5.74, 6) is 1.74. The Bertz CT molecular complexity index is 1680. The maximum Gasteiger partial charge on any atom is 0.302 e. The molecule has 0 saturated heterocycles. The average Bonchev–Trinajstić information content (AvgIpc) is 3.43. The molecule has 14 nitrogen and oxygen atoms in total. The van der Waals surface area contributed by atoms with E-state index in [1.165, 1.54) is 0 Å². The molecule has 240 valence electrons. The summed E-state index contributed by atoms with van der Waals surface area (Å²) in [4.78, 5) is 35.3. The van der Waals surface area contributed by atoms with E-state index in [2.05, 4.69) is 28.8 Å². The van der Waals surface area contributed by atoms with Gasteiger partial charge in [-0.25, -0.2) is 9.97 Å². The second-order valence-corrected chi connectivity index (χ2v) is 10.9. The number of carbonyl (C=O) groups excluding carboxylic acids is 2. The average molecular weight is 663 g/mol. The van der Waals surface area contributed by atoms with E-state index in [1.54, 1.807) is 20.3 Å². The van der Waals surface area contributed by atoms with Crippen molar-refractivity contribution in [2.75, 3.05) is 32.3 Å². The van der Waals surface area contributed by atoms with Gasteiger partial charge >= 0.3 is 5.91 Å². The van der Waals surface area contributed by atoms with Crippen LogP contribution in [0, 0.1) is 5.92 Å². The normalized spacial score (nSPS) is 18.5. The fraction of sp³-hybridized carbons (Fsp3) is 0.345. The van der Waals surface area contributed by atoms with Crippen molar-refractivity contribution >= 4 is 53.3 Å². The predicted octanol–water partition coefficient (Wildman–Crippen LogP) is 2.91. The lowest BCUT2D eigenvalue weighted by molar-refractivity contribution is 0.0554. The fourth-order valence-corrected chi connectivity index (χ4v) is 5.36. The van der Waals surface area contributed by atoms with Crippen molar-refractivity contribution in [2.45, 2.75) is 38.4 Å². The molecule has 0 saturated carbocycles. The first-order valence-electron chi connectivity index (χ1n) is 13.6. The predicted molar refractivity (Wildman–Crippen MR) is 169 cm³/mol. The van der Waals surface area contributed by atoms with Gasteiger partial charge in [-0.15, -0.1) is 12.4 Å². The van der Waals surface area contributed by atoms with Crippen LogP contribution in [0.4, 0.5) is 11.6 Å². The molecule has 3 aromatic rings. The number of aliphatic imine (C=N–C) groups is 1. The zero-order valence-electron chi connectivity index (χ0n) is 24.8. The molecule has 1 aromatic heterocycles. The van der Waals surface area contributed by atoms with E-state index < -0.39 is 17.8 Å². The van der Waals surface area contributed by atoms with Gasteiger partial charge in [0.05, 0.1) is 25.7 Å². The number of nitrogens with two attached hydrogens (primary N) is 4. The minimum atomic E-state index is -0.832. The van der Waals surface area contributed by atoms with Crippen LogP contribution in [-0.4, -0.2) is 60.7 Å². The van der Waals surface area contributed by atoms with Gasteiger partial charge in [-0.1, -0.05) is 25.4 Å². The van der Waals surface area contributed by atoms with Gasteiger partial charge in [0.25, 0.3) is 0 Å². The lowest BCUT2D eigenvalue weighted by atomic mass is 9.81. The second-order valence-electron chi connectivity index (χ2n) is 10.6. The number of Topliss-reactive ketones (excluding diaryl/α,β-unsaturated/α-hetero) is 1. The lowest BCUT2D eigenvalue weighted by Crippen LogP contribution is -2.43. The molecule has 0 spiro atoms. The van der Waals surface area contributed by atoms with Crippen molar-refractivity contribution in [3.8, 4) is 28.7 Å². The van der Waals surface area contributed by atoms with Gasteiger partial charge in [-0.2, -0.15) is 4.99 Å². The van der Waals surface area contributed by atoms with Crippen LogP contribution in [0.1, 0.15) is 51.7 Å². The van der Waals surface area contributed by atoms with Gasteiger partial charge in [-0.3, -0.25) is 9.59 Å². The summed E-state index contributed by atoms with van der Waals surface area (Å²) in [6.45, 7) is 4.58. The number of fused-ring (bicyclic) bond motifs is 6. The summed E-state index contributed by atoms with van der Waals surface area (Å²) in [7, 11) is 3.16. The molecule has 0 radical (unpaired) electrons. The number of ether oxygens (including phenoxy) is 5. The first kappa shape index (κ1) is 33.2. The van der Waals surface area contributed by atoms with Gasteiger partial charge in [0, 0.05) is 23.6 Å². The molecule has 3 atom stereocenters. The van der Waals surface area contributed by atoms with E-state index in [0.717, 1.165) is 23.3 Å². The highest BCUT2D eigenvalue weighted by atomic mass is 35.5. The minimum Gasteiger partial charge on any atom is -0.493 e. The smallest absolute Gasteiger partial charge is 0.302 e. The molecule has 0 aliphatic carbocycles. The highest BCUT2D eigenvalue weighted by Gasteiger charge is 2.45. The summed E-state index contributed by atoms with van der Waals surface area (Å²) in [6.07, 6.45) is 0.474. The number of hydrogen-bond donors (Lipinski definition) is 4. The fourth-order valence-electron chi connectivity index (χ4n) is 5.23. The van der Waals surface area contributed by atoms with Crippen LogP contribution >= 0.6 is 24.0 Å². The Balaban J connectivity index is 0.000000246. The number of methoxy groups -OCH3 is 2. The number of aromatic nitrogens is 2. The van der Waals surface area contributed by atoms with E-state index in [4.69, 9.17) is 58.2 Å². The van der Waals surface area contributed by atoms with Crippen molar-refractivity contribution in [3.05, 3.63) is 51.8 Å². The number of nitrogen functional groups attached to an aromatic ring is 2. The van der Waals surface area contributed by atoms with Gasteiger partial charge in [-0.05, 0) is 24.1 Å². The van der Waals surface area contributed by atoms with E-state index in [-0.39, 0.29) is 52.9 Å². The van der Waals surface area contributed by atoms with E-state index in [1.807, 2.05) is 18.2 Å². The molecular formula is C29H33Cl2N7O7. The van der Waals surface area contributed by atoms with E-state index >= 15 is 0 Å². The maximum atomic E-state index is 13.5. The van der Waals surface area contributed by atoms with Crippen molar-refractivity contribution in [1.29, 1.82) is 0 Å². The molecule has 4 heterocycles. The van der Waals surface area contributed by atoms with E-state index in [0.29, 0.717) is 41.1 Å². The number of halogens is 2. The minimum absolute atomic E-state index is 0. The van der Waals surface area contributed by atoms with Gasteiger partial charge in [0.2, 0.25) is 0 Å². The molecule has 2 aromatic carbocycles. The van der Waals surface area contributed by atoms with Crippen molar-refractivity contribution < 1.29 is 33.3 Å².